The zero-order valence-corrected chi connectivity index (χ0v) is 13.3. The normalized spacial score (nSPS) is 10.5. The topological polar surface area (TPSA) is 88.3 Å². The summed E-state index contributed by atoms with van der Waals surface area (Å²) in [7, 11) is 1.74. The highest BCUT2D eigenvalue weighted by Crippen LogP contribution is 2.08. The lowest BCUT2D eigenvalue weighted by atomic mass is 10.2. The molecule has 0 bridgehead atoms. The molecular weight excluding hydrogens is 296 g/mol. The Morgan fingerprint density at radius 1 is 1.26 bits per heavy atom. The lowest BCUT2D eigenvalue weighted by Crippen LogP contribution is -2.30. The van der Waals surface area contributed by atoms with Crippen molar-refractivity contribution in [2.24, 2.45) is 0 Å². The summed E-state index contributed by atoms with van der Waals surface area (Å²) in [6.45, 7) is 2.41. The number of nitrogens with zero attached hydrogens (tertiary/aromatic N) is 4. The summed E-state index contributed by atoms with van der Waals surface area (Å²) in [5.74, 6) is -0.954. The molecule has 7 heteroatoms. The number of amides is 1. The Morgan fingerprint density at radius 2 is 1.96 bits per heavy atom. The molecule has 0 fully saturated rings. The van der Waals surface area contributed by atoms with Crippen LogP contribution in [0.4, 0.5) is 0 Å². The smallest absolute Gasteiger partial charge is 0.303 e. The molecular formula is C16H20N4O3. The van der Waals surface area contributed by atoms with Gasteiger partial charge in [0.15, 0.2) is 0 Å². The molecule has 122 valence electrons. The monoisotopic (exact) mass is 316 g/mol. The average molecular weight is 316 g/mol. The summed E-state index contributed by atoms with van der Waals surface area (Å²) in [4.78, 5) is 24.5. The first-order chi connectivity index (χ1) is 11.0. The Kier molecular flexibility index (Phi) is 5.46. The Morgan fingerprint density at radius 3 is 2.61 bits per heavy atom. The van der Waals surface area contributed by atoms with Crippen LogP contribution in [0.15, 0.2) is 30.3 Å². The van der Waals surface area contributed by atoms with Gasteiger partial charge in [-0.2, -0.15) is 0 Å². The predicted octanol–water partition coefficient (Wildman–Crippen LogP) is 1.26. The van der Waals surface area contributed by atoms with Gasteiger partial charge >= 0.3 is 5.97 Å². The van der Waals surface area contributed by atoms with E-state index in [0.29, 0.717) is 18.7 Å². The number of rotatable bonds is 7. The SMILES string of the molecule is Cc1c(CCC(=O)O)nnn1CC(=O)N(C)Cc1ccccc1. The van der Waals surface area contributed by atoms with E-state index in [-0.39, 0.29) is 18.9 Å². The first-order valence-electron chi connectivity index (χ1n) is 7.36. The van der Waals surface area contributed by atoms with Crippen LogP contribution in [0.5, 0.6) is 0 Å². The van der Waals surface area contributed by atoms with Gasteiger partial charge in [0.05, 0.1) is 17.8 Å². The molecule has 1 N–H and O–H groups in total. The van der Waals surface area contributed by atoms with E-state index in [1.165, 1.54) is 4.68 Å². The zero-order chi connectivity index (χ0) is 16.8. The van der Waals surface area contributed by atoms with Gasteiger partial charge in [-0.25, -0.2) is 4.68 Å². The molecule has 0 aliphatic rings. The Bertz CT molecular complexity index is 682. The maximum absolute atomic E-state index is 12.3. The van der Waals surface area contributed by atoms with Crippen LogP contribution in [-0.4, -0.2) is 43.9 Å². The molecule has 0 aliphatic carbocycles. The predicted molar refractivity (Wildman–Crippen MR) is 83.6 cm³/mol. The first-order valence-corrected chi connectivity index (χ1v) is 7.36. The molecule has 0 aliphatic heterocycles. The van der Waals surface area contributed by atoms with Gasteiger partial charge in [-0.05, 0) is 12.5 Å². The van der Waals surface area contributed by atoms with E-state index < -0.39 is 5.97 Å². The second kappa shape index (κ2) is 7.53. The van der Waals surface area contributed by atoms with E-state index in [1.807, 2.05) is 30.3 Å². The van der Waals surface area contributed by atoms with Crippen LogP contribution in [0.1, 0.15) is 23.4 Å². The Balaban J connectivity index is 1.96. The van der Waals surface area contributed by atoms with Gasteiger partial charge in [-0.15, -0.1) is 5.10 Å². The lowest BCUT2D eigenvalue weighted by Gasteiger charge is -2.17. The van der Waals surface area contributed by atoms with Crippen LogP contribution in [0, 0.1) is 6.92 Å². The van der Waals surface area contributed by atoms with Crippen LogP contribution >= 0.6 is 0 Å². The quantitative estimate of drug-likeness (QED) is 0.831. The summed E-state index contributed by atoms with van der Waals surface area (Å²) >= 11 is 0. The van der Waals surface area contributed by atoms with Gasteiger partial charge in [-0.1, -0.05) is 35.5 Å². The number of hydrogen-bond acceptors (Lipinski definition) is 4. The summed E-state index contributed by atoms with van der Waals surface area (Å²) in [6, 6.07) is 9.74. The van der Waals surface area contributed by atoms with Gasteiger partial charge in [0, 0.05) is 20.0 Å². The van der Waals surface area contributed by atoms with Crippen molar-refractivity contribution >= 4 is 11.9 Å². The second-order valence-electron chi connectivity index (χ2n) is 5.41. The van der Waals surface area contributed by atoms with Crippen molar-refractivity contribution in [3.63, 3.8) is 0 Å². The summed E-state index contributed by atoms with van der Waals surface area (Å²) in [6.07, 6.45) is 0.316. The molecule has 0 radical (unpaired) electrons. The zero-order valence-electron chi connectivity index (χ0n) is 13.3. The molecule has 0 spiro atoms. The maximum atomic E-state index is 12.3. The third kappa shape index (κ3) is 4.64. The van der Waals surface area contributed by atoms with Crippen molar-refractivity contribution in [2.45, 2.75) is 32.9 Å². The number of aryl methyl sites for hydroxylation is 1. The minimum atomic E-state index is -0.877. The fourth-order valence-corrected chi connectivity index (χ4v) is 2.20. The third-order valence-corrected chi connectivity index (χ3v) is 3.63. The van der Waals surface area contributed by atoms with Gasteiger partial charge in [0.2, 0.25) is 5.91 Å². The van der Waals surface area contributed by atoms with Crippen molar-refractivity contribution in [1.82, 2.24) is 19.9 Å². The van der Waals surface area contributed by atoms with E-state index >= 15 is 0 Å². The molecule has 1 aromatic carbocycles. The van der Waals surface area contributed by atoms with Crippen molar-refractivity contribution < 1.29 is 14.7 Å². The number of hydrogen-bond donors (Lipinski definition) is 1. The lowest BCUT2D eigenvalue weighted by molar-refractivity contribution is -0.137. The highest BCUT2D eigenvalue weighted by atomic mass is 16.4. The number of carboxylic acids is 1. The molecule has 1 heterocycles. The number of carboxylic acid groups (broad SMARTS) is 1. The van der Waals surface area contributed by atoms with Gasteiger partial charge in [-0.3, -0.25) is 9.59 Å². The molecule has 7 nitrogen and oxygen atoms in total. The van der Waals surface area contributed by atoms with E-state index in [9.17, 15) is 9.59 Å². The fraction of sp³-hybridized carbons (Fsp3) is 0.375. The second-order valence-corrected chi connectivity index (χ2v) is 5.41. The number of carbonyl (C=O) groups is 2. The van der Waals surface area contributed by atoms with Gasteiger partial charge in [0.1, 0.15) is 6.54 Å². The molecule has 0 atom stereocenters. The molecule has 0 saturated heterocycles. The highest BCUT2D eigenvalue weighted by Gasteiger charge is 2.15. The standard InChI is InChI=1S/C16H20N4O3/c1-12-14(8-9-16(22)23)17-18-20(12)11-15(21)19(2)10-13-6-4-3-5-7-13/h3-7H,8-11H2,1-2H3,(H,22,23). The summed E-state index contributed by atoms with van der Waals surface area (Å²) in [5.41, 5.74) is 2.40. The van der Waals surface area contributed by atoms with E-state index in [0.717, 1.165) is 11.3 Å². The van der Waals surface area contributed by atoms with Crippen molar-refractivity contribution in [3.05, 3.63) is 47.3 Å². The molecule has 1 amide bonds. The molecule has 1 aromatic heterocycles. The first kappa shape index (κ1) is 16.7. The van der Waals surface area contributed by atoms with Crippen molar-refractivity contribution in [2.75, 3.05) is 7.05 Å². The average Bonchev–Trinajstić information content (AvgIpc) is 2.86. The molecule has 0 saturated carbocycles. The van der Waals surface area contributed by atoms with Crippen LogP contribution in [0.2, 0.25) is 0 Å². The minimum absolute atomic E-state index is 0.00138. The molecule has 0 unspecified atom stereocenters. The van der Waals surface area contributed by atoms with E-state index in [1.54, 1.807) is 18.9 Å². The Labute approximate surface area is 134 Å². The third-order valence-electron chi connectivity index (χ3n) is 3.63. The number of likely N-dealkylation sites (N-methyl/N-ethyl adjacent to an activating group) is 1. The van der Waals surface area contributed by atoms with E-state index in [2.05, 4.69) is 10.3 Å². The minimum Gasteiger partial charge on any atom is -0.481 e. The fourth-order valence-electron chi connectivity index (χ4n) is 2.20. The number of aliphatic carboxylic acids is 1. The number of aromatic nitrogens is 3. The van der Waals surface area contributed by atoms with Gasteiger partial charge < -0.3 is 10.0 Å². The van der Waals surface area contributed by atoms with Crippen LogP contribution in [0.25, 0.3) is 0 Å². The van der Waals surface area contributed by atoms with Crippen LogP contribution in [0.3, 0.4) is 0 Å². The molecule has 2 rings (SSSR count). The molecule has 23 heavy (non-hydrogen) atoms. The summed E-state index contributed by atoms with van der Waals surface area (Å²) < 4.78 is 1.51. The number of carbonyl (C=O) groups excluding carboxylic acids is 1. The Hall–Kier alpha value is -2.70. The largest absolute Gasteiger partial charge is 0.481 e. The van der Waals surface area contributed by atoms with Crippen LogP contribution < -0.4 is 0 Å². The molecule has 2 aromatic rings. The maximum Gasteiger partial charge on any atom is 0.303 e. The summed E-state index contributed by atoms with van der Waals surface area (Å²) in [5, 5.41) is 16.6. The number of benzene rings is 1. The van der Waals surface area contributed by atoms with Gasteiger partial charge in [0.25, 0.3) is 0 Å². The van der Waals surface area contributed by atoms with Crippen molar-refractivity contribution in [1.29, 1.82) is 0 Å². The van der Waals surface area contributed by atoms with E-state index in [4.69, 9.17) is 5.11 Å². The van der Waals surface area contributed by atoms with Crippen LogP contribution in [-0.2, 0) is 29.1 Å². The van der Waals surface area contributed by atoms with Crippen molar-refractivity contribution in [3.8, 4) is 0 Å². The highest BCUT2D eigenvalue weighted by molar-refractivity contribution is 5.75.